The third-order valence-corrected chi connectivity index (χ3v) is 2.58. The van der Waals surface area contributed by atoms with E-state index in [-0.39, 0.29) is 0 Å². The Labute approximate surface area is 106 Å². The molecule has 0 saturated heterocycles. The fraction of sp³-hybridized carbons (Fsp3) is 1.00. The Morgan fingerprint density at radius 3 is 2.53 bits per heavy atom. The third kappa shape index (κ3) is 12.1. The maximum Gasteiger partial charge on any atom is 0.0897 e. The van der Waals surface area contributed by atoms with E-state index in [1.54, 1.807) is 0 Å². The van der Waals surface area contributed by atoms with Gasteiger partial charge >= 0.3 is 0 Å². The summed E-state index contributed by atoms with van der Waals surface area (Å²) < 4.78 is 10.4. The molecule has 2 atom stereocenters. The van der Waals surface area contributed by atoms with Crippen LogP contribution in [-0.2, 0) is 9.47 Å². The van der Waals surface area contributed by atoms with Gasteiger partial charge in [-0.3, -0.25) is 0 Å². The van der Waals surface area contributed by atoms with Crippen LogP contribution in [0.25, 0.3) is 0 Å². The number of hydrogen-bond donors (Lipinski definition) is 2. The van der Waals surface area contributed by atoms with Gasteiger partial charge in [0.25, 0.3) is 0 Å². The zero-order valence-electron chi connectivity index (χ0n) is 11.6. The van der Waals surface area contributed by atoms with Gasteiger partial charge in [0.15, 0.2) is 0 Å². The summed E-state index contributed by atoms with van der Waals surface area (Å²) in [4.78, 5) is 0. The second-order valence-electron chi connectivity index (χ2n) is 4.38. The van der Waals surface area contributed by atoms with Gasteiger partial charge in [-0.25, -0.2) is 0 Å². The monoisotopic (exact) mass is 247 g/mol. The largest absolute Gasteiger partial charge is 0.389 e. The molecule has 0 saturated carbocycles. The molecule has 0 aliphatic heterocycles. The lowest BCUT2D eigenvalue weighted by atomic mass is 10.1. The molecule has 0 rings (SSSR count). The van der Waals surface area contributed by atoms with Crippen LogP contribution in [0.1, 0.15) is 40.0 Å². The molecule has 104 valence electrons. The Bertz CT molecular complexity index is 156. The summed E-state index contributed by atoms with van der Waals surface area (Å²) in [6.45, 7) is 9.13. The van der Waals surface area contributed by atoms with Crippen LogP contribution < -0.4 is 5.32 Å². The standard InChI is InChI=1S/C13H29NO3/c1-4-6-7-12(3)14-10-13(15)11-17-9-8-16-5-2/h12-15H,4-11H2,1-3H3. The SMILES string of the molecule is CCCCC(C)NCC(O)COCCOCC. The molecule has 0 aliphatic carbocycles. The second kappa shape index (κ2) is 12.3. The second-order valence-corrected chi connectivity index (χ2v) is 4.38. The minimum Gasteiger partial charge on any atom is -0.389 e. The van der Waals surface area contributed by atoms with Crippen LogP contribution in [-0.4, -0.2) is 50.2 Å². The average molecular weight is 247 g/mol. The number of aliphatic hydroxyl groups excluding tert-OH is 1. The molecule has 2 N–H and O–H groups in total. The smallest absolute Gasteiger partial charge is 0.0897 e. The molecule has 0 heterocycles. The van der Waals surface area contributed by atoms with Crippen LogP contribution in [0.15, 0.2) is 0 Å². The summed E-state index contributed by atoms with van der Waals surface area (Å²) in [6, 6.07) is 0.466. The van der Waals surface area contributed by atoms with E-state index in [1.165, 1.54) is 12.8 Å². The summed E-state index contributed by atoms with van der Waals surface area (Å²) in [6.07, 6.45) is 3.18. The van der Waals surface area contributed by atoms with Crippen molar-refractivity contribution < 1.29 is 14.6 Å². The summed E-state index contributed by atoms with van der Waals surface area (Å²) in [5.41, 5.74) is 0. The number of aliphatic hydroxyl groups is 1. The Balaban J connectivity index is 3.30. The van der Waals surface area contributed by atoms with E-state index in [9.17, 15) is 5.11 Å². The number of unbranched alkanes of at least 4 members (excludes halogenated alkanes) is 1. The molecule has 0 amide bonds. The first kappa shape index (κ1) is 16.8. The van der Waals surface area contributed by atoms with E-state index in [1.807, 2.05) is 6.92 Å². The van der Waals surface area contributed by atoms with Crippen LogP contribution in [0.3, 0.4) is 0 Å². The third-order valence-electron chi connectivity index (χ3n) is 2.58. The topological polar surface area (TPSA) is 50.7 Å². The molecule has 4 nitrogen and oxygen atoms in total. The van der Waals surface area contributed by atoms with Crippen molar-refractivity contribution in [3.8, 4) is 0 Å². The van der Waals surface area contributed by atoms with Gasteiger partial charge in [-0.1, -0.05) is 19.8 Å². The Kier molecular flexibility index (Phi) is 12.2. The minimum atomic E-state index is -0.430. The lowest BCUT2D eigenvalue weighted by molar-refractivity contribution is 0.00580. The summed E-state index contributed by atoms with van der Waals surface area (Å²) in [5.74, 6) is 0. The van der Waals surface area contributed by atoms with Crippen molar-refractivity contribution >= 4 is 0 Å². The molecule has 17 heavy (non-hydrogen) atoms. The maximum absolute atomic E-state index is 9.65. The van der Waals surface area contributed by atoms with Crippen molar-refractivity contribution in [2.75, 3.05) is 33.0 Å². The van der Waals surface area contributed by atoms with Gasteiger partial charge in [0.1, 0.15) is 0 Å². The summed E-state index contributed by atoms with van der Waals surface area (Å²) in [5, 5.41) is 13.0. The predicted molar refractivity (Wildman–Crippen MR) is 70.3 cm³/mol. The highest BCUT2D eigenvalue weighted by molar-refractivity contribution is 4.64. The van der Waals surface area contributed by atoms with E-state index in [0.29, 0.717) is 39.0 Å². The molecule has 0 fully saturated rings. The van der Waals surface area contributed by atoms with Crippen LogP contribution in [0, 0.1) is 0 Å². The average Bonchev–Trinajstić information content (AvgIpc) is 2.33. The van der Waals surface area contributed by atoms with Crippen LogP contribution in [0.5, 0.6) is 0 Å². The van der Waals surface area contributed by atoms with Gasteiger partial charge in [0, 0.05) is 19.2 Å². The highest BCUT2D eigenvalue weighted by Crippen LogP contribution is 1.99. The van der Waals surface area contributed by atoms with E-state index in [0.717, 1.165) is 6.42 Å². The van der Waals surface area contributed by atoms with Gasteiger partial charge < -0.3 is 19.9 Å². The lowest BCUT2D eigenvalue weighted by Gasteiger charge is -2.17. The molecule has 0 aromatic heterocycles. The number of ether oxygens (including phenoxy) is 2. The van der Waals surface area contributed by atoms with Crippen LogP contribution in [0.2, 0.25) is 0 Å². The van der Waals surface area contributed by atoms with Crippen molar-refractivity contribution in [1.29, 1.82) is 0 Å². The molecular weight excluding hydrogens is 218 g/mol. The molecule has 0 aromatic rings. The molecule has 0 aromatic carbocycles. The van der Waals surface area contributed by atoms with Gasteiger partial charge in [-0.2, -0.15) is 0 Å². The van der Waals surface area contributed by atoms with Gasteiger partial charge in [0.05, 0.1) is 25.9 Å². The van der Waals surface area contributed by atoms with E-state index in [4.69, 9.17) is 9.47 Å². The highest BCUT2D eigenvalue weighted by Gasteiger charge is 2.06. The zero-order valence-corrected chi connectivity index (χ0v) is 11.6. The van der Waals surface area contributed by atoms with Crippen LogP contribution >= 0.6 is 0 Å². The Morgan fingerprint density at radius 2 is 1.88 bits per heavy atom. The molecule has 0 bridgehead atoms. The van der Waals surface area contributed by atoms with Crippen molar-refractivity contribution in [2.24, 2.45) is 0 Å². The summed E-state index contributed by atoms with van der Waals surface area (Å²) in [7, 11) is 0. The lowest BCUT2D eigenvalue weighted by Crippen LogP contribution is -2.36. The number of nitrogens with one attached hydrogen (secondary N) is 1. The van der Waals surface area contributed by atoms with Crippen molar-refractivity contribution in [3.05, 3.63) is 0 Å². The first-order valence-corrected chi connectivity index (χ1v) is 6.77. The van der Waals surface area contributed by atoms with E-state index in [2.05, 4.69) is 19.2 Å². The predicted octanol–water partition coefficient (Wildman–Crippen LogP) is 1.57. The molecular formula is C13H29NO3. The first-order valence-electron chi connectivity index (χ1n) is 6.77. The highest BCUT2D eigenvalue weighted by atomic mass is 16.5. The molecule has 0 aliphatic rings. The van der Waals surface area contributed by atoms with Crippen molar-refractivity contribution in [2.45, 2.75) is 52.2 Å². The van der Waals surface area contributed by atoms with Gasteiger partial charge in [-0.05, 0) is 20.3 Å². The zero-order chi connectivity index (χ0) is 12.9. The quantitative estimate of drug-likeness (QED) is 0.514. The molecule has 0 spiro atoms. The maximum atomic E-state index is 9.65. The summed E-state index contributed by atoms with van der Waals surface area (Å²) >= 11 is 0. The van der Waals surface area contributed by atoms with E-state index >= 15 is 0 Å². The normalized spacial score (nSPS) is 14.8. The molecule has 4 heteroatoms. The minimum absolute atomic E-state index is 0.376. The van der Waals surface area contributed by atoms with Crippen molar-refractivity contribution in [3.63, 3.8) is 0 Å². The Morgan fingerprint density at radius 1 is 1.18 bits per heavy atom. The molecule has 2 unspecified atom stereocenters. The molecule has 0 radical (unpaired) electrons. The van der Waals surface area contributed by atoms with Gasteiger partial charge in [0.2, 0.25) is 0 Å². The number of rotatable bonds is 12. The van der Waals surface area contributed by atoms with Crippen LogP contribution in [0.4, 0.5) is 0 Å². The number of hydrogen-bond acceptors (Lipinski definition) is 4. The fourth-order valence-electron chi connectivity index (χ4n) is 1.49. The Hall–Kier alpha value is -0.160. The van der Waals surface area contributed by atoms with E-state index < -0.39 is 6.10 Å². The van der Waals surface area contributed by atoms with Crippen molar-refractivity contribution in [1.82, 2.24) is 5.32 Å². The van der Waals surface area contributed by atoms with Gasteiger partial charge in [-0.15, -0.1) is 0 Å². The first-order chi connectivity index (χ1) is 8.20. The fourth-order valence-corrected chi connectivity index (χ4v) is 1.49.